The summed E-state index contributed by atoms with van der Waals surface area (Å²) in [7, 11) is 0. The maximum absolute atomic E-state index is 5.90. The Morgan fingerprint density at radius 2 is 2.22 bits per heavy atom. The van der Waals surface area contributed by atoms with Gasteiger partial charge in [0, 0.05) is 12.5 Å². The number of rotatable bonds is 3. The molecule has 3 heterocycles. The highest BCUT2D eigenvalue weighted by Crippen LogP contribution is 2.44. The quantitative estimate of drug-likeness (QED) is 0.932. The minimum Gasteiger partial charge on any atom is -0.374 e. The monoisotopic (exact) mass is 311 g/mol. The van der Waals surface area contributed by atoms with Gasteiger partial charge in [0.1, 0.15) is 11.6 Å². The summed E-state index contributed by atoms with van der Waals surface area (Å²) in [4.78, 5) is 9.31. The van der Waals surface area contributed by atoms with Crippen molar-refractivity contribution in [2.75, 3.05) is 11.9 Å². The molecular formula is C13H18BrN3O. The third-order valence-corrected chi connectivity index (χ3v) is 4.77. The van der Waals surface area contributed by atoms with Crippen LogP contribution in [0.2, 0.25) is 0 Å². The number of anilines is 1. The van der Waals surface area contributed by atoms with Gasteiger partial charge in [0.25, 0.3) is 0 Å². The molecule has 1 aromatic heterocycles. The molecule has 2 aliphatic heterocycles. The highest BCUT2D eigenvalue weighted by molar-refractivity contribution is 9.10. The molecule has 2 fully saturated rings. The average Bonchev–Trinajstić information content (AvgIpc) is 2.97. The Labute approximate surface area is 116 Å². The van der Waals surface area contributed by atoms with Gasteiger partial charge in [-0.15, -0.1) is 0 Å². The number of fused-ring (bicyclic) bond motifs is 2. The van der Waals surface area contributed by atoms with E-state index in [1.54, 1.807) is 0 Å². The van der Waals surface area contributed by atoms with Crippen LogP contribution >= 0.6 is 15.9 Å². The first-order valence-electron chi connectivity index (χ1n) is 6.62. The molecular weight excluding hydrogens is 294 g/mol. The van der Waals surface area contributed by atoms with Crippen LogP contribution in [0.15, 0.2) is 4.47 Å². The molecule has 1 N–H and O–H groups in total. The van der Waals surface area contributed by atoms with Gasteiger partial charge in [-0.3, -0.25) is 0 Å². The van der Waals surface area contributed by atoms with E-state index in [-0.39, 0.29) is 0 Å². The van der Waals surface area contributed by atoms with Crippen LogP contribution in [0.4, 0.5) is 5.82 Å². The Bertz CT molecular complexity index is 466. The summed E-state index contributed by atoms with van der Waals surface area (Å²) in [5, 5.41) is 3.29. The lowest BCUT2D eigenvalue weighted by Gasteiger charge is -2.19. The lowest BCUT2D eigenvalue weighted by Crippen LogP contribution is -2.18. The molecule has 2 aliphatic rings. The van der Waals surface area contributed by atoms with Crippen molar-refractivity contribution in [2.45, 2.75) is 51.2 Å². The van der Waals surface area contributed by atoms with Crippen molar-refractivity contribution in [3.63, 3.8) is 0 Å². The van der Waals surface area contributed by atoms with Gasteiger partial charge in [-0.05, 0) is 49.0 Å². The van der Waals surface area contributed by atoms with Crippen LogP contribution < -0.4 is 5.32 Å². The van der Waals surface area contributed by atoms with Crippen molar-refractivity contribution in [3.8, 4) is 0 Å². The molecule has 0 aromatic carbocycles. The highest BCUT2D eigenvalue weighted by atomic mass is 79.9. The second kappa shape index (κ2) is 4.78. The SMILES string of the molecule is CCNc1nc(C2CC3CCC2O3)nc(C)c1Br. The smallest absolute Gasteiger partial charge is 0.144 e. The second-order valence-electron chi connectivity index (χ2n) is 5.08. The molecule has 0 saturated carbocycles. The van der Waals surface area contributed by atoms with E-state index in [9.17, 15) is 0 Å². The van der Waals surface area contributed by atoms with Gasteiger partial charge in [-0.2, -0.15) is 0 Å². The van der Waals surface area contributed by atoms with Crippen LogP contribution in [0.25, 0.3) is 0 Å². The molecule has 18 heavy (non-hydrogen) atoms. The summed E-state index contributed by atoms with van der Waals surface area (Å²) in [6.45, 7) is 4.95. The Morgan fingerprint density at radius 3 is 2.83 bits per heavy atom. The van der Waals surface area contributed by atoms with Gasteiger partial charge in [0.2, 0.25) is 0 Å². The summed E-state index contributed by atoms with van der Waals surface area (Å²) < 4.78 is 6.87. The van der Waals surface area contributed by atoms with E-state index in [1.807, 2.05) is 6.92 Å². The second-order valence-corrected chi connectivity index (χ2v) is 5.87. The average molecular weight is 312 g/mol. The summed E-state index contributed by atoms with van der Waals surface area (Å²) in [5.74, 6) is 2.23. The third kappa shape index (κ3) is 2.03. The Morgan fingerprint density at radius 1 is 1.39 bits per heavy atom. The zero-order chi connectivity index (χ0) is 12.7. The van der Waals surface area contributed by atoms with Crippen molar-refractivity contribution in [1.29, 1.82) is 0 Å². The molecule has 1 aromatic rings. The summed E-state index contributed by atoms with van der Waals surface area (Å²) in [6.07, 6.45) is 4.22. The molecule has 2 bridgehead atoms. The van der Waals surface area contributed by atoms with Crippen LogP contribution in [-0.4, -0.2) is 28.7 Å². The van der Waals surface area contributed by atoms with E-state index < -0.39 is 0 Å². The van der Waals surface area contributed by atoms with Crippen molar-refractivity contribution >= 4 is 21.7 Å². The molecule has 5 heteroatoms. The maximum atomic E-state index is 5.90. The van der Waals surface area contributed by atoms with Gasteiger partial charge in [0.15, 0.2) is 0 Å². The Balaban J connectivity index is 1.92. The first-order valence-corrected chi connectivity index (χ1v) is 7.41. The molecule has 98 valence electrons. The van der Waals surface area contributed by atoms with Crippen LogP contribution in [0.3, 0.4) is 0 Å². The minimum absolute atomic E-state index is 0.338. The van der Waals surface area contributed by atoms with Crippen LogP contribution in [-0.2, 0) is 4.74 Å². The van der Waals surface area contributed by atoms with Gasteiger partial charge in [-0.25, -0.2) is 9.97 Å². The van der Waals surface area contributed by atoms with E-state index in [4.69, 9.17) is 4.74 Å². The number of nitrogens with one attached hydrogen (secondary N) is 1. The number of hydrogen-bond donors (Lipinski definition) is 1. The summed E-state index contributed by atoms with van der Waals surface area (Å²) >= 11 is 3.55. The largest absolute Gasteiger partial charge is 0.374 e. The number of hydrogen-bond acceptors (Lipinski definition) is 4. The normalized spacial score (nSPS) is 29.8. The molecule has 3 rings (SSSR count). The molecule has 0 amide bonds. The highest BCUT2D eigenvalue weighted by Gasteiger charge is 2.43. The zero-order valence-electron chi connectivity index (χ0n) is 10.7. The van der Waals surface area contributed by atoms with Crippen LogP contribution in [0.1, 0.15) is 43.6 Å². The van der Waals surface area contributed by atoms with E-state index in [1.165, 1.54) is 6.42 Å². The molecule has 2 saturated heterocycles. The predicted octanol–water partition coefficient (Wildman–Crippen LogP) is 3.01. The van der Waals surface area contributed by atoms with Gasteiger partial charge in [-0.1, -0.05) is 0 Å². The van der Waals surface area contributed by atoms with Crippen molar-refractivity contribution in [1.82, 2.24) is 9.97 Å². The van der Waals surface area contributed by atoms with Gasteiger partial charge >= 0.3 is 0 Å². The number of halogens is 1. The van der Waals surface area contributed by atoms with Crippen LogP contribution in [0, 0.1) is 6.92 Å². The lowest BCUT2D eigenvalue weighted by atomic mass is 9.88. The molecule has 3 unspecified atom stereocenters. The van der Waals surface area contributed by atoms with Gasteiger partial charge in [0.05, 0.1) is 22.4 Å². The van der Waals surface area contributed by atoms with Crippen molar-refractivity contribution in [3.05, 3.63) is 16.0 Å². The summed E-state index contributed by atoms with van der Waals surface area (Å²) in [5.41, 5.74) is 0.999. The molecule has 0 radical (unpaired) electrons. The fourth-order valence-corrected chi connectivity index (χ4v) is 3.26. The van der Waals surface area contributed by atoms with E-state index in [0.29, 0.717) is 18.1 Å². The zero-order valence-corrected chi connectivity index (χ0v) is 12.3. The number of nitrogens with zero attached hydrogens (tertiary/aromatic N) is 2. The number of aryl methyl sites for hydroxylation is 1. The molecule has 0 spiro atoms. The first kappa shape index (κ1) is 12.4. The fourth-order valence-electron chi connectivity index (χ4n) is 2.94. The Hall–Kier alpha value is -0.680. The third-order valence-electron chi connectivity index (χ3n) is 3.82. The predicted molar refractivity (Wildman–Crippen MR) is 73.9 cm³/mol. The maximum Gasteiger partial charge on any atom is 0.144 e. The van der Waals surface area contributed by atoms with E-state index >= 15 is 0 Å². The van der Waals surface area contributed by atoms with Gasteiger partial charge < -0.3 is 10.1 Å². The number of ether oxygens (including phenoxy) is 1. The van der Waals surface area contributed by atoms with E-state index in [2.05, 4.69) is 38.1 Å². The van der Waals surface area contributed by atoms with Crippen LogP contribution in [0.5, 0.6) is 0 Å². The first-order chi connectivity index (χ1) is 8.69. The standard InChI is InChI=1S/C13H18BrN3O/c1-3-15-13-11(14)7(2)16-12(17-13)9-6-8-4-5-10(9)18-8/h8-10H,3-6H2,1-2H3,(H,15,16,17). The summed E-state index contributed by atoms with van der Waals surface area (Å²) in [6, 6.07) is 0. The lowest BCUT2D eigenvalue weighted by molar-refractivity contribution is 0.0998. The fraction of sp³-hybridized carbons (Fsp3) is 0.692. The molecule has 0 aliphatic carbocycles. The van der Waals surface area contributed by atoms with E-state index in [0.717, 1.165) is 41.2 Å². The molecule has 4 nitrogen and oxygen atoms in total. The van der Waals surface area contributed by atoms with Crippen molar-refractivity contribution in [2.24, 2.45) is 0 Å². The number of aromatic nitrogens is 2. The molecule has 3 atom stereocenters. The van der Waals surface area contributed by atoms with Crippen molar-refractivity contribution < 1.29 is 4.74 Å². The topological polar surface area (TPSA) is 47.0 Å². The minimum atomic E-state index is 0.338. The Kier molecular flexibility index (Phi) is 3.28.